The molecule has 44 valence electrons. The molecular formula is C4H5ClN2O. The van der Waals surface area contributed by atoms with E-state index >= 15 is 0 Å². The number of nitrogens with zero attached hydrogens (tertiary/aromatic N) is 2. The van der Waals surface area contributed by atoms with Gasteiger partial charge in [0, 0.05) is 0 Å². The Kier molecular flexibility index (Phi) is 1.31. The second kappa shape index (κ2) is 1.84. The third-order valence-corrected chi connectivity index (χ3v) is 0.902. The van der Waals surface area contributed by atoms with Crippen LogP contribution in [0.5, 0.6) is 0 Å². The standard InChI is InChI=1S/C4H5ClN2O/c1-2-3-8-4(5)6-7-4/h2H,1,3H2. The van der Waals surface area contributed by atoms with Crippen LogP contribution in [0, 0.1) is 0 Å². The van der Waals surface area contributed by atoms with Crippen LogP contribution in [-0.2, 0) is 4.74 Å². The van der Waals surface area contributed by atoms with Crippen LogP contribution in [0.25, 0.3) is 0 Å². The maximum absolute atomic E-state index is 5.42. The molecule has 0 fully saturated rings. The van der Waals surface area contributed by atoms with Crippen molar-refractivity contribution in [3.8, 4) is 0 Å². The van der Waals surface area contributed by atoms with E-state index in [9.17, 15) is 0 Å². The van der Waals surface area contributed by atoms with E-state index < -0.39 is 5.31 Å². The molecule has 1 rings (SSSR count). The fourth-order valence-corrected chi connectivity index (χ4v) is 0.363. The maximum Gasteiger partial charge on any atom is 0.375 e. The van der Waals surface area contributed by atoms with Crippen molar-refractivity contribution in [3.05, 3.63) is 12.7 Å². The normalized spacial score (nSPS) is 20.6. The number of ether oxygens (including phenoxy) is 1. The van der Waals surface area contributed by atoms with Gasteiger partial charge in [0.2, 0.25) is 0 Å². The first-order chi connectivity index (χ1) is 3.77. The summed E-state index contributed by atoms with van der Waals surface area (Å²) >= 11 is 5.42. The lowest BCUT2D eigenvalue weighted by Crippen LogP contribution is -2.05. The first-order valence-electron chi connectivity index (χ1n) is 2.15. The van der Waals surface area contributed by atoms with Gasteiger partial charge in [0.25, 0.3) is 0 Å². The molecule has 0 unspecified atom stereocenters. The molecule has 0 aliphatic carbocycles. The summed E-state index contributed by atoms with van der Waals surface area (Å²) in [5.41, 5.74) is 0. The highest BCUT2D eigenvalue weighted by molar-refractivity contribution is 6.23. The van der Waals surface area contributed by atoms with Crippen molar-refractivity contribution in [1.29, 1.82) is 0 Å². The van der Waals surface area contributed by atoms with Crippen LogP contribution in [0.4, 0.5) is 0 Å². The Hall–Kier alpha value is -0.410. The molecule has 0 radical (unpaired) electrons. The molecule has 0 spiro atoms. The second-order valence-corrected chi connectivity index (χ2v) is 1.82. The lowest BCUT2D eigenvalue weighted by Gasteiger charge is -1.97. The molecule has 0 atom stereocenters. The van der Waals surface area contributed by atoms with Gasteiger partial charge in [-0.2, -0.15) is 0 Å². The molecule has 0 N–H and O–H groups in total. The summed E-state index contributed by atoms with van der Waals surface area (Å²) in [5, 5.41) is 5.74. The van der Waals surface area contributed by atoms with Crippen molar-refractivity contribution in [2.75, 3.05) is 6.61 Å². The minimum absolute atomic E-state index is 0.385. The zero-order valence-electron chi connectivity index (χ0n) is 4.17. The molecule has 1 aliphatic heterocycles. The third-order valence-electron chi connectivity index (χ3n) is 0.642. The zero-order valence-corrected chi connectivity index (χ0v) is 4.93. The van der Waals surface area contributed by atoms with Crippen molar-refractivity contribution in [2.24, 2.45) is 10.2 Å². The van der Waals surface area contributed by atoms with Crippen LogP contribution in [0.2, 0.25) is 0 Å². The average molecular weight is 133 g/mol. The van der Waals surface area contributed by atoms with Crippen molar-refractivity contribution in [3.63, 3.8) is 0 Å². The van der Waals surface area contributed by atoms with Crippen LogP contribution in [0.15, 0.2) is 22.9 Å². The molecule has 0 saturated heterocycles. The van der Waals surface area contributed by atoms with Crippen LogP contribution in [0.1, 0.15) is 0 Å². The van der Waals surface area contributed by atoms with Crippen LogP contribution < -0.4 is 0 Å². The Bertz CT molecular complexity index is 128. The first-order valence-corrected chi connectivity index (χ1v) is 2.52. The average Bonchev–Trinajstić information content (AvgIpc) is 2.45. The molecule has 0 amide bonds. The van der Waals surface area contributed by atoms with Gasteiger partial charge in [0.05, 0.1) is 6.61 Å². The quantitative estimate of drug-likeness (QED) is 0.326. The van der Waals surface area contributed by atoms with Gasteiger partial charge in [-0.15, -0.1) is 16.8 Å². The zero-order chi connectivity index (χ0) is 6.04. The monoisotopic (exact) mass is 132 g/mol. The molecule has 4 heteroatoms. The van der Waals surface area contributed by atoms with Crippen molar-refractivity contribution in [2.45, 2.75) is 5.31 Å². The summed E-state index contributed by atoms with van der Waals surface area (Å²) < 4.78 is 4.80. The molecule has 0 saturated carbocycles. The van der Waals surface area contributed by atoms with Gasteiger partial charge in [-0.3, -0.25) is 0 Å². The third kappa shape index (κ3) is 1.28. The van der Waals surface area contributed by atoms with E-state index in [1.165, 1.54) is 0 Å². The van der Waals surface area contributed by atoms with E-state index in [1.54, 1.807) is 6.08 Å². The Morgan fingerprint density at radius 2 is 2.38 bits per heavy atom. The van der Waals surface area contributed by atoms with E-state index in [0.717, 1.165) is 0 Å². The topological polar surface area (TPSA) is 34.0 Å². The Balaban J connectivity index is 2.11. The second-order valence-electron chi connectivity index (χ2n) is 1.33. The summed E-state index contributed by atoms with van der Waals surface area (Å²) in [7, 11) is 0. The van der Waals surface area contributed by atoms with E-state index in [1.807, 2.05) is 0 Å². The van der Waals surface area contributed by atoms with Gasteiger partial charge in [-0.1, -0.05) is 6.08 Å². The SMILES string of the molecule is C=CCOC1(Cl)N=N1. The summed E-state index contributed by atoms with van der Waals surface area (Å²) in [6.07, 6.45) is 1.59. The fraction of sp³-hybridized carbons (Fsp3) is 0.500. The molecule has 0 aromatic carbocycles. The summed E-state index contributed by atoms with van der Waals surface area (Å²) in [6, 6.07) is 0. The number of alkyl halides is 1. The summed E-state index contributed by atoms with van der Waals surface area (Å²) in [4.78, 5) is 0. The van der Waals surface area contributed by atoms with Crippen LogP contribution in [-0.4, -0.2) is 11.9 Å². The molecule has 0 aromatic rings. The Morgan fingerprint density at radius 3 is 2.75 bits per heavy atom. The van der Waals surface area contributed by atoms with Crippen LogP contribution >= 0.6 is 11.6 Å². The van der Waals surface area contributed by atoms with Gasteiger partial charge in [-0.25, -0.2) is 0 Å². The van der Waals surface area contributed by atoms with E-state index in [2.05, 4.69) is 16.8 Å². The predicted molar refractivity (Wildman–Crippen MR) is 29.6 cm³/mol. The minimum atomic E-state index is -1.05. The van der Waals surface area contributed by atoms with Gasteiger partial charge in [0.15, 0.2) is 0 Å². The number of hydrogen-bond donors (Lipinski definition) is 0. The van der Waals surface area contributed by atoms with E-state index in [0.29, 0.717) is 6.61 Å². The molecule has 0 aromatic heterocycles. The molecule has 3 nitrogen and oxygen atoms in total. The molecule has 1 aliphatic rings. The van der Waals surface area contributed by atoms with Gasteiger partial charge < -0.3 is 4.74 Å². The van der Waals surface area contributed by atoms with Gasteiger partial charge >= 0.3 is 5.31 Å². The predicted octanol–water partition coefficient (Wildman–Crippen LogP) is 1.50. The molecular weight excluding hydrogens is 128 g/mol. The Morgan fingerprint density at radius 1 is 1.75 bits per heavy atom. The highest BCUT2D eigenvalue weighted by atomic mass is 35.5. The number of halogens is 1. The van der Waals surface area contributed by atoms with Gasteiger partial charge in [-0.05, 0) is 11.6 Å². The van der Waals surface area contributed by atoms with E-state index in [4.69, 9.17) is 16.3 Å². The number of rotatable bonds is 3. The van der Waals surface area contributed by atoms with Crippen LogP contribution in [0.3, 0.4) is 0 Å². The smallest absolute Gasteiger partial charge is 0.316 e. The van der Waals surface area contributed by atoms with Gasteiger partial charge in [0.1, 0.15) is 0 Å². The molecule has 1 heterocycles. The Labute approximate surface area is 52.0 Å². The number of hydrogen-bond acceptors (Lipinski definition) is 3. The maximum atomic E-state index is 5.42. The lowest BCUT2D eigenvalue weighted by atomic mass is 10.7. The van der Waals surface area contributed by atoms with Crippen molar-refractivity contribution in [1.82, 2.24) is 0 Å². The lowest BCUT2D eigenvalue weighted by molar-refractivity contribution is 0.103. The van der Waals surface area contributed by atoms with Crippen molar-refractivity contribution < 1.29 is 4.74 Å². The highest BCUT2D eigenvalue weighted by Crippen LogP contribution is 2.33. The van der Waals surface area contributed by atoms with Crippen molar-refractivity contribution >= 4 is 11.6 Å². The highest BCUT2D eigenvalue weighted by Gasteiger charge is 2.38. The minimum Gasteiger partial charge on any atom is -0.316 e. The largest absolute Gasteiger partial charge is 0.375 e. The summed E-state index contributed by atoms with van der Waals surface area (Å²) in [6.45, 7) is 3.81. The summed E-state index contributed by atoms with van der Waals surface area (Å²) in [5.74, 6) is 0. The molecule has 8 heavy (non-hydrogen) atoms. The molecule has 0 bridgehead atoms. The van der Waals surface area contributed by atoms with E-state index in [-0.39, 0.29) is 0 Å². The first kappa shape index (κ1) is 5.72. The fourth-order valence-electron chi connectivity index (χ4n) is 0.262.